The molecule has 1 amide bonds. The minimum absolute atomic E-state index is 0.0456. The van der Waals surface area contributed by atoms with Gasteiger partial charge in [-0.3, -0.25) is 0 Å². The van der Waals surface area contributed by atoms with E-state index in [0.29, 0.717) is 13.1 Å². The molecule has 0 saturated carbocycles. The molecule has 0 aromatic carbocycles. The van der Waals surface area contributed by atoms with Gasteiger partial charge in [0, 0.05) is 17.3 Å². The quantitative estimate of drug-likeness (QED) is 0.564. The summed E-state index contributed by atoms with van der Waals surface area (Å²) in [6.07, 6.45) is 5.82. The Labute approximate surface area is 155 Å². The predicted octanol–water partition coefficient (Wildman–Crippen LogP) is 3.70. The highest BCUT2D eigenvalue weighted by atomic mass is 32.3. The zero-order valence-electron chi connectivity index (χ0n) is 17.5. The number of carbonyl (C=O) groups excluding carboxylic acids is 1. The number of ether oxygens (including phenoxy) is 1. The maximum atomic E-state index is 12.6. The Balaban J connectivity index is 2.81. The van der Waals surface area contributed by atoms with Crippen LogP contribution in [0.1, 0.15) is 54.4 Å². The fourth-order valence-electron chi connectivity index (χ4n) is 2.57. The molecule has 1 N–H and O–H groups in total. The van der Waals surface area contributed by atoms with Crippen molar-refractivity contribution in [2.45, 2.75) is 76.9 Å². The molecule has 1 aliphatic rings. The smallest absolute Gasteiger partial charge is 0.410 e. The average Bonchev–Trinajstić information content (AvgIpc) is 2.78. The van der Waals surface area contributed by atoms with Crippen LogP contribution in [-0.4, -0.2) is 66.2 Å². The summed E-state index contributed by atoms with van der Waals surface area (Å²) < 4.78 is 12.2. The first-order valence-corrected chi connectivity index (χ1v) is 11.3. The monoisotopic (exact) mass is 378 g/mol. The second kappa shape index (κ2) is 8.46. The van der Waals surface area contributed by atoms with Gasteiger partial charge in [0.2, 0.25) is 0 Å². The molecule has 150 valence electrons. The van der Waals surface area contributed by atoms with Gasteiger partial charge in [-0.1, -0.05) is 20.8 Å². The van der Waals surface area contributed by atoms with Gasteiger partial charge >= 0.3 is 6.09 Å². The maximum absolute atomic E-state index is 12.6. The molecule has 2 atom stereocenters. The van der Waals surface area contributed by atoms with Gasteiger partial charge in [0.05, 0.1) is 19.8 Å². The van der Waals surface area contributed by atoms with Gasteiger partial charge in [0.25, 0.3) is 0 Å². The van der Waals surface area contributed by atoms with Crippen molar-refractivity contribution >= 4 is 16.4 Å². The Morgan fingerprint density at radius 3 is 2.28 bits per heavy atom. The number of rotatable bonds is 6. The van der Waals surface area contributed by atoms with E-state index in [1.54, 1.807) is 7.11 Å². The summed E-state index contributed by atoms with van der Waals surface area (Å²) >= 11 is 0. The molecule has 7 heteroatoms. The fourth-order valence-corrected chi connectivity index (χ4v) is 3.68. The summed E-state index contributed by atoms with van der Waals surface area (Å²) in [6.45, 7) is 13.6. The van der Waals surface area contributed by atoms with Gasteiger partial charge in [-0.05, 0) is 46.1 Å². The fraction of sp³-hybridized carbons (Fsp3) is 0.944. The van der Waals surface area contributed by atoms with Gasteiger partial charge in [-0.15, -0.1) is 10.3 Å². The highest BCUT2D eigenvalue weighted by Gasteiger charge is 2.41. The largest absolute Gasteiger partial charge is 0.444 e. The number of hydrogen-bond donors (Lipinski definition) is 1. The standard InChI is InChI=1S/C18H38N2O4S/c1-17(2,3)23-16(21)20-13-15(12-14(20)10-11-19-22-7)24-25(8,9)18(4,5)6/h14-15,19H,10-13H2,1-9H3. The van der Waals surface area contributed by atoms with Gasteiger partial charge in [0.15, 0.2) is 0 Å². The average molecular weight is 379 g/mol. The second-order valence-electron chi connectivity index (χ2n) is 8.97. The van der Waals surface area contributed by atoms with Crippen molar-refractivity contribution in [3.05, 3.63) is 0 Å². The number of hydrogen-bond acceptors (Lipinski definition) is 5. The number of nitrogens with one attached hydrogen (secondary N) is 1. The molecule has 6 nitrogen and oxygen atoms in total. The van der Waals surface area contributed by atoms with Crippen molar-refractivity contribution in [1.82, 2.24) is 10.4 Å². The second-order valence-corrected chi connectivity index (χ2v) is 12.9. The lowest BCUT2D eigenvalue weighted by molar-refractivity contribution is 0.0192. The van der Waals surface area contributed by atoms with Crippen LogP contribution < -0.4 is 5.48 Å². The van der Waals surface area contributed by atoms with Gasteiger partial charge in [-0.25, -0.2) is 10.3 Å². The Morgan fingerprint density at radius 1 is 1.20 bits per heavy atom. The highest BCUT2D eigenvalue weighted by molar-refractivity contribution is 8.29. The molecule has 1 saturated heterocycles. The van der Waals surface area contributed by atoms with E-state index in [9.17, 15) is 4.79 Å². The van der Waals surface area contributed by atoms with Crippen LogP contribution in [-0.2, 0) is 13.8 Å². The summed E-state index contributed by atoms with van der Waals surface area (Å²) in [7, 11) is 0.366. The first-order chi connectivity index (χ1) is 11.3. The summed E-state index contributed by atoms with van der Waals surface area (Å²) in [5, 5.41) is 0. The molecule has 1 aliphatic heterocycles. The molecule has 1 fully saturated rings. The van der Waals surface area contributed by atoms with Gasteiger partial charge in [0.1, 0.15) is 5.60 Å². The van der Waals surface area contributed by atoms with E-state index in [0.717, 1.165) is 12.8 Å². The van der Waals surface area contributed by atoms with Gasteiger partial charge < -0.3 is 18.7 Å². The summed E-state index contributed by atoms with van der Waals surface area (Å²) in [5.41, 5.74) is 2.36. The van der Waals surface area contributed by atoms with Crippen molar-refractivity contribution in [1.29, 1.82) is 0 Å². The molecule has 0 aliphatic carbocycles. The van der Waals surface area contributed by atoms with Crippen molar-refractivity contribution in [2.24, 2.45) is 0 Å². The minimum atomic E-state index is -1.23. The zero-order chi connectivity index (χ0) is 19.5. The van der Waals surface area contributed by atoms with Crippen molar-refractivity contribution in [3.63, 3.8) is 0 Å². The number of amides is 1. The lowest BCUT2D eigenvalue weighted by Gasteiger charge is -2.45. The first-order valence-electron chi connectivity index (χ1n) is 8.93. The van der Waals surface area contributed by atoms with Crippen LogP contribution in [0.2, 0.25) is 0 Å². The van der Waals surface area contributed by atoms with Crippen molar-refractivity contribution < 1.29 is 18.6 Å². The van der Waals surface area contributed by atoms with Crippen LogP contribution in [0.25, 0.3) is 0 Å². The molecule has 0 aromatic rings. The Bertz CT molecular complexity index is 443. The lowest BCUT2D eigenvalue weighted by atomic mass is 10.1. The van der Waals surface area contributed by atoms with E-state index >= 15 is 0 Å². The van der Waals surface area contributed by atoms with Crippen LogP contribution in [0.5, 0.6) is 0 Å². The van der Waals surface area contributed by atoms with Crippen molar-refractivity contribution in [2.75, 3.05) is 32.7 Å². The van der Waals surface area contributed by atoms with E-state index in [1.165, 1.54) is 0 Å². The Kier molecular flexibility index (Phi) is 7.63. The Morgan fingerprint density at radius 2 is 1.80 bits per heavy atom. The van der Waals surface area contributed by atoms with E-state index in [4.69, 9.17) is 13.8 Å². The molecule has 0 radical (unpaired) electrons. The van der Waals surface area contributed by atoms with Crippen LogP contribution in [0.4, 0.5) is 4.79 Å². The number of likely N-dealkylation sites (tertiary alicyclic amines) is 1. The summed E-state index contributed by atoms with van der Waals surface area (Å²) in [4.78, 5) is 19.4. The van der Waals surface area contributed by atoms with Crippen LogP contribution in [0, 0.1) is 0 Å². The van der Waals surface area contributed by atoms with E-state index < -0.39 is 15.9 Å². The third-order valence-electron chi connectivity index (χ3n) is 4.58. The van der Waals surface area contributed by atoms with E-state index in [-0.39, 0.29) is 23.0 Å². The molecular weight excluding hydrogens is 340 g/mol. The number of hydroxylamine groups is 1. The highest BCUT2D eigenvalue weighted by Crippen LogP contribution is 2.55. The molecule has 2 unspecified atom stereocenters. The van der Waals surface area contributed by atoms with Crippen LogP contribution in [0.15, 0.2) is 0 Å². The number of nitrogens with zero attached hydrogens (tertiary/aromatic N) is 1. The Hall–Kier alpha value is -0.500. The summed E-state index contributed by atoms with van der Waals surface area (Å²) in [5.74, 6) is 0. The van der Waals surface area contributed by atoms with Crippen LogP contribution >= 0.6 is 10.3 Å². The minimum Gasteiger partial charge on any atom is -0.444 e. The SMILES string of the molecule is CONCCC1CC(OS(C)(C)C(C)(C)C)CN1C(=O)OC(C)(C)C. The molecule has 1 rings (SSSR count). The molecule has 25 heavy (non-hydrogen) atoms. The molecule has 0 bridgehead atoms. The molecule has 0 spiro atoms. The lowest BCUT2D eigenvalue weighted by Crippen LogP contribution is -2.41. The predicted molar refractivity (Wildman–Crippen MR) is 105 cm³/mol. The number of carbonyl (C=O) groups is 1. The van der Waals surface area contributed by atoms with Crippen molar-refractivity contribution in [3.8, 4) is 0 Å². The molecule has 0 aromatic heterocycles. The third-order valence-corrected chi connectivity index (χ3v) is 8.28. The molecular formula is C18H38N2O4S. The molecule has 1 heterocycles. The van der Waals surface area contributed by atoms with E-state index in [2.05, 4.69) is 38.8 Å². The maximum Gasteiger partial charge on any atom is 0.410 e. The topological polar surface area (TPSA) is 60.0 Å². The summed E-state index contributed by atoms with van der Waals surface area (Å²) in [6, 6.07) is 0.0951. The van der Waals surface area contributed by atoms with Gasteiger partial charge in [-0.2, -0.15) is 0 Å². The third kappa shape index (κ3) is 6.96. The first kappa shape index (κ1) is 22.5. The zero-order valence-corrected chi connectivity index (χ0v) is 18.3. The van der Waals surface area contributed by atoms with E-state index in [1.807, 2.05) is 25.7 Å². The van der Waals surface area contributed by atoms with Crippen LogP contribution in [0.3, 0.4) is 0 Å². The normalized spacial score (nSPS) is 23.0.